The van der Waals surface area contributed by atoms with Crippen molar-refractivity contribution in [2.24, 2.45) is 0 Å². The molecular weight excluding hydrogens is 423 g/mol. The van der Waals surface area contributed by atoms with Crippen molar-refractivity contribution in [3.8, 4) is 11.6 Å². The number of hydrogen-bond acceptors (Lipinski definition) is 4. The Bertz CT molecular complexity index is 1090. The van der Waals surface area contributed by atoms with E-state index in [9.17, 15) is 22.8 Å². The molecule has 0 aliphatic carbocycles. The van der Waals surface area contributed by atoms with E-state index in [2.05, 4.69) is 15.6 Å². The van der Waals surface area contributed by atoms with Crippen LogP contribution in [0.3, 0.4) is 0 Å². The van der Waals surface area contributed by atoms with Crippen molar-refractivity contribution in [1.29, 1.82) is 0 Å². The van der Waals surface area contributed by atoms with Crippen molar-refractivity contribution in [3.63, 3.8) is 0 Å². The molecule has 1 aromatic heterocycles. The third kappa shape index (κ3) is 6.83. The van der Waals surface area contributed by atoms with Gasteiger partial charge in [-0.15, -0.1) is 0 Å². The second kappa shape index (κ2) is 10.9. The number of nitrogens with zero attached hydrogens (tertiary/aromatic N) is 1. The van der Waals surface area contributed by atoms with Crippen LogP contribution in [0, 0.1) is 17.5 Å². The van der Waals surface area contributed by atoms with Gasteiger partial charge in [0, 0.05) is 43.9 Å². The van der Waals surface area contributed by atoms with Crippen LogP contribution in [-0.2, 0) is 11.3 Å². The first-order chi connectivity index (χ1) is 15.4. The van der Waals surface area contributed by atoms with Crippen LogP contribution in [0.15, 0.2) is 60.8 Å². The van der Waals surface area contributed by atoms with Gasteiger partial charge in [0.1, 0.15) is 23.2 Å². The normalized spacial score (nSPS) is 10.5. The van der Waals surface area contributed by atoms with E-state index in [1.165, 1.54) is 24.4 Å². The number of halogens is 3. The third-order valence-corrected chi connectivity index (χ3v) is 4.35. The van der Waals surface area contributed by atoms with E-state index >= 15 is 0 Å². The molecule has 166 valence electrons. The van der Waals surface area contributed by atoms with Gasteiger partial charge in [-0.05, 0) is 36.2 Å². The summed E-state index contributed by atoms with van der Waals surface area (Å²) in [6, 6.07) is 11.7. The van der Waals surface area contributed by atoms with Crippen molar-refractivity contribution in [2.75, 3.05) is 6.54 Å². The molecule has 0 saturated heterocycles. The number of amides is 2. The maximum Gasteiger partial charge on any atom is 0.254 e. The molecule has 6 nitrogen and oxygen atoms in total. The number of benzene rings is 2. The quantitative estimate of drug-likeness (QED) is 0.488. The molecule has 2 N–H and O–H groups in total. The van der Waals surface area contributed by atoms with E-state index in [0.717, 1.165) is 17.7 Å². The lowest BCUT2D eigenvalue weighted by atomic mass is 10.2. The Morgan fingerprint density at radius 2 is 1.75 bits per heavy atom. The van der Waals surface area contributed by atoms with Crippen LogP contribution in [0.5, 0.6) is 11.6 Å². The summed E-state index contributed by atoms with van der Waals surface area (Å²) in [6.45, 7) is 0.413. The second-order valence-corrected chi connectivity index (χ2v) is 6.82. The van der Waals surface area contributed by atoms with Gasteiger partial charge < -0.3 is 15.4 Å². The minimum atomic E-state index is -0.943. The molecule has 0 bridgehead atoms. The molecule has 0 fully saturated rings. The van der Waals surface area contributed by atoms with Gasteiger partial charge in [-0.1, -0.05) is 12.1 Å². The molecule has 2 amide bonds. The lowest BCUT2D eigenvalue weighted by molar-refractivity contribution is -0.121. The molecule has 3 aromatic rings. The van der Waals surface area contributed by atoms with Gasteiger partial charge in [0.2, 0.25) is 11.8 Å². The molecule has 0 atom stereocenters. The molecular formula is C23H20F3N3O3. The highest BCUT2D eigenvalue weighted by Crippen LogP contribution is 2.20. The summed E-state index contributed by atoms with van der Waals surface area (Å²) in [5.41, 5.74) is 0.484. The number of rotatable bonds is 9. The first-order valence-corrected chi connectivity index (χ1v) is 9.79. The highest BCUT2D eigenvalue weighted by molar-refractivity contribution is 5.94. The van der Waals surface area contributed by atoms with E-state index in [1.807, 2.05) is 0 Å². The average Bonchev–Trinajstić information content (AvgIpc) is 2.76. The van der Waals surface area contributed by atoms with Gasteiger partial charge >= 0.3 is 0 Å². The third-order valence-electron chi connectivity index (χ3n) is 4.35. The molecule has 3 rings (SSSR count). The Kier molecular flexibility index (Phi) is 7.80. The fourth-order valence-corrected chi connectivity index (χ4v) is 2.74. The summed E-state index contributed by atoms with van der Waals surface area (Å²) in [5, 5.41) is 5.22. The van der Waals surface area contributed by atoms with E-state index in [-0.39, 0.29) is 31.0 Å². The number of aromatic nitrogens is 1. The average molecular weight is 443 g/mol. The summed E-state index contributed by atoms with van der Waals surface area (Å²) in [4.78, 5) is 28.0. The zero-order valence-electron chi connectivity index (χ0n) is 16.9. The van der Waals surface area contributed by atoms with Gasteiger partial charge in [-0.2, -0.15) is 0 Å². The highest BCUT2D eigenvalue weighted by Gasteiger charge is 2.12. The number of carbonyl (C=O) groups is 2. The van der Waals surface area contributed by atoms with Gasteiger partial charge in [0.05, 0.1) is 5.56 Å². The minimum Gasteiger partial charge on any atom is -0.439 e. The first kappa shape index (κ1) is 22.8. The van der Waals surface area contributed by atoms with Crippen molar-refractivity contribution in [3.05, 3.63) is 89.4 Å². The molecule has 1 heterocycles. The Morgan fingerprint density at radius 1 is 0.938 bits per heavy atom. The number of ether oxygens (including phenoxy) is 1. The monoisotopic (exact) mass is 443 g/mol. The minimum absolute atomic E-state index is 0.153. The number of hydrogen-bond donors (Lipinski definition) is 2. The lowest BCUT2D eigenvalue weighted by Gasteiger charge is -2.08. The van der Waals surface area contributed by atoms with E-state index in [1.54, 1.807) is 18.2 Å². The Hall–Kier alpha value is -3.88. The molecule has 32 heavy (non-hydrogen) atoms. The van der Waals surface area contributed by atoms with E-state index in [4.69, 9.17) is 4.74 Å². The predicted molar refractivity (Wildman–Crippen MR) is 110 cm³/mol. The van der Waals surface area contributed by atoms with Crippen LogP contribution in [0.2, 0.25) is 0 Å². The van der Waals surface area contributed by atoms with E-state index in [0.29, 0.717) is 24.1 Å². The van der Waals surface area contributed by atoms with Gasteiger partial charge in [-0.3, -0.25) is 9.59 Å². The Balaban J connectivity index is 1.36. The van der Waals surface area contributed by atoms with Gasteiger partial charge in [-0.25, -0.2) is 18.2 Å². The number of carbonyl (C=O) groups excluding carboxylic acids is 2. The Labute approximate surface area is 182 Å². The van der Waals surface area contributed by atoms with Crippen LogP contribution in [0.25, 0.3) is 0 Å². The molecule has 0 aliphatic rings. The summed E-state index contributed by atoms with van der Waals surface area (Å²) in [5.74, 6) is -2.40. The summed E-state index contributed by atoms with van der Waals surface area (Å²) < 4.78 is 45.1. The maximum absolute atomic E-state index is 13.6. The standard InChI is InChI=1S/C23H20F3N3O3/c24-16-3-1-4-18(11-16)32-22-9-6-15(14-29-22)13-28-21(30)5-2-10-27-23(31)19-8-7-17(25)12-20(19)26/h1,3-4,6-9,11-12,14H,2,5,10,13H2,(H,27,31)(H,28,30). The van der Waals surface area contributed by atoms with Crippen LogP contribution < -0.4 is 15.4 Å². The fourth-order valence-electron chi connectivity index (χ4n) is 2.74. The Morgan fingerprint density at radius 3 is 2.47 bits per heavy atom. The number of nitrogens with one attached hydrogen (secondary N) is 2. The van der Waals surface area contributed by atoms with Gasteiger partial charge in [0.25, 0.3) is 5.91 Å². The zero-order valence-corrected chi connectivity index (χ0v) is 16.9. The smallest absolute Gasteiger partial charge is 0.254 e. The largest absolute Gasteiger partial charge is 0.439 e. The van der Waals surface area contributed by atoms with Crippen molar-refractivity contribution < 1.29 is 27.5 Å². The topological polar surface area (TPSA) is 80.3 Å². The molecule has 0 spiro atoms. The first-order valence-electron chi connectivity index (χ1n) is 9.79. The van der Waals surface area contributed by atoms with Crippen LogP contribution in [-0.4, -0.2) is 23.3 Å². The van der Waals surface area contributed by atoms with Gasteiger partial charge in [0.15, 0.2) is 0 Å². The molecule has 0 saturated carbocycles. The van der Waals surface area contributed by atoms with E-state index < -0.39 is 23.4 Å². The highest BCUT2D eigenvalue weighted by atomic mass is 19.1. The molecule has 9 heteroatoms. The molecule has 0 radical (unpaired) electrons. The zero-order chi connectivity index (χ0) is 22.9. The summed E-state index contributed by atoms with van der Waals surface area (Å²) in [6.07, 6.45) is 2.03. The predicted octanol–water partition coefficient (Wildman–Crippen LogP) is 4.12. The number of pyridine rings is 1. The SMILES string of the molecule is O=C(CCCNC(=O)c1ccc(F)cc1F)NCc1ccc(Oc2cccc(F)c2)nc1. The van der Waals surface area contributed by atoms with Crippen LogP contribution in [0.1, 0.15) is 28.8 Å². The fraction of sp³-hybridized carbons (Fsp3) is 0.174. The van der Waals surface area contributed by atoms with Crippen LogP contribution in [0.4, 0.5) is 13.2 Å². The molecule has 2 aromatic carbocycles. The van der Waals surface area contributed by atoms with Crippen LogP contribution >= 0.6 is 0 Å². The maximum atomic E-state index is 13.6. The van der Waals surface area contributed by atoms with Crippen molar-refractivity contribution >= 4 is 11.8 Å². The van der Waals surface area contributed by atoms with Crippen molar-refractivity contribution in [1.82, 2.24) is 15.6 Å². The molecule has 0 aliphatic heterocycles. The summed E-state index contributed by atoms with van der Waals surface area (Å²) in [7, 11) is 0. The van der Waals surface area contributed by atoms with Crippen molar-refractivity contribution in [2.45, 2.75) is 19.4 Å². The lowest BCUT2D eigenvalue weighted by Crippen LogP contribution is -2.28. The molecule has 0 unspecified atom stereocenters. The summed E-state index contributed by atoms with van der Waals surface area (Å²) >= 11 is 0. The second-order valence-electron chi connectivity index (χ2n) is 6.82.